The van der Waals surface area contributed by atoms with Crippen molar-refractivity contribution in [1.29, 1.82) is 5.26 Å². The van der Waals surface area contributed by atoms with E-state index >= 15 is 0 Å². The molecule has 4 rings (SSSR count). The van der Waals surface area contributed by atoms with E-state index in [4.69, 9.17) is 4.74 Å². The summed E-state index contributed by atoms with van der Waals surface area (Å²) in [6.07, 6.45) is 6.80. The van der Waals surface area contributed by atoms with Crippen molar-refractivity contribution in [2.24, 2.45) is 0 Å². The summed E-state index contributed by atoms with van der Waals surface area (Å²) in [6.45, 7) is 3.30. The van der Waals surface area contributed by atoms with Gasteiger partial charge in [-0.1, -0.05) is 17.7 Å². The van der Waals surface area contributed by atoms with E-state index in [1.54, 1.807) is 30.8 Å². The summed E-state index contributed by atoms with van der Waals surface area (Å²) in [5.41, 5.74) is 5.12. The normalized spacial score (nSPS) is 12.0. The number of aldehydes is 1. The van der Waals surface area contributed by atoms with E-state index in [1.165, 1.54) is 5.56 Å². The van der Waals surface area contributed by atoms with Gasteiger partial charge >= 0.3 is 0 Å². The van der Waals surface area contributed by atoms with Crippen molar-refractivity contribution in [2.75, 3.05) is 26.0 Å². The largest absolute Gasteiger partial charge is 0.496 e. The monoisotopic (exact) mass is 490 g/mol. The van der Waals surface area contributed by atoms with E-state index < -0.39 is 0 Å². The lowest BCUT2D eigenvalue weighted by molar-refractivity contribution is -0.131. The van der Waals surface area contributed by atoms with Gasteiger partial charge in [0.15, 0.2) is 0 Å². The molecular formula is C27H30N4O3S. The lowest BCUT2D eigenvalue weighted by atomic mass is 10.0. The van der Waals surface area contributed by atoms with Gasteiger partial charge in [-0.25, -0.2) is 0 Å². The molecular weight excluding hydrogens is 460 g/mol. The second-order valence-electron chi connectivity index (χ2n) is 8.19. The molecule has 0 fully saturated rings. The van der Waals surface area contributed by atoms with Crippen molar-refractivity contribution in [1.82, 2.24) is 9.88 Å². The predicted octanol–water partition coefficient (Wildman–Crippen LogP) is 4.32. The van der Waals surface area contributed by atoms with E-state index in [0.717, 1.165) is 57.0 Å². The number of carbonyl (C=O) groups is 2. The average Bonchev–Trinajstić information content (AvgIpc) is 3.25. The number of carbonyl (C=O) groups excluding carboxylic acids is 2. The SMILES string of the molecule is CNc1sc2c(c1C#N)CCN(C(=O)Cc1ccncc1)C2.COc1ccc(C)cc1CCC=O. The van der Waals surface area contributed by atoms with Gasteiger partial charge in [-0.2, -0.15) is 5.26 Å². The summed E-state index contributed by atoms with van der Waals surface area (Å²) in [5, 5.41) is 13.3. The number of thiophene rings is 1. The highest BCUT2D eigenvalue weighted by molar-refractivity contribution is 7.16. The molecule has 0 radical (unpaired) electrons. The predicted molar refractivity (Wildman–Crippen MR) is 138 cm³/mol. The zero-order valence-electron chi connectivity index (χ0n) is 20.3. The summed E-state index contributed by atoms with van der Waals surface area (Å²) in [4.78, 5) is 29.6. The highest BCUT2D eigenvalue weighted by Crippen LogP contribution is 2.36. The van der Waals surface area contributed by atoms with Gasteiger partial charge in [-0.15, -0.1) is 11.3 Å². The molecule has 0 aliphatic carbocycles. The molecule has 1 aliphatic heterocycles. The van der Waals surface area contributed by atoms with Crippen LogP contribution in [0.3, 0.4) is 0 Å². The van der Waals surface area contributed by atoms with Crippen LogP contribution in [-0.4, -0.2) is 42.8 Å². The highest BCUT2D eigenvalue weighted by Gasteiger charge is 2.26. The Morgan fingerprint density at radius 3 is 2.74 bits per heavy atom. The van der Waals surface area contributed by atoms with Gasteiger partial charge in [0, 0.05) is 37.3 Å². The first-order valence-electron chi connectivity index (χ1n) is 11.5. The van der Waals surface area contributed by atoms with Gasteiger partial charge in [0.05, 0.1) is 25.6 Å². The maximum absolute atomic E-state index is 12.4. The summed E-state index contributed by atoms with van der Waals surface area (Å²) in [6, 6.07) is 12.0. The molecule has 0 unspecified atom stereocenters. The standard InChI is InChI=1S/C16H16N4OS.C11H14O2/c1-18-16-13(9-17)12-4-7-20(10-14(12)22-16)15(21)8-11-2-5-19-6-3-11;1-9-5-6-11(13-2)10(8-9)4-3-7-12/h2-3,5-6,18H,4,7-8,10H2,1H3;5-8H,3-4H2,1-2H3. The molecule has 3 aromatic rings. The van der Waals surface area contributed by atoms with Crippen LogP contribution in [0, 0.1) is 18.3 Å². The lowest BCUT2D eigenvalue weighted by Crippen LogP contribution is -2.36. The third-order valence-corrected chi connectivity index (χ3v) is 7.05. The molecule has 182 valence electrons. The number of hydrogen-bond acceptors (Lipinski definition) is 7. The Kier molecular flexibility index (Phi) is 9.39. The van der Waals surface area contributed by atoms with Crippen LogP contribution in [-0.2, 0) is 35.4 Å². The third kappa shape index (κ3) is 6.67. The summed E-state index contributed by atoms with van der Waals surface area (Å²) >= 11 is 1.58. The van der Waals surface area contributed by atoms with E-state index in [0.29, 0.717) is 25.9 Å². The molecule has 0 spiro atoms. The Labute approximate surface area is 210 Å². The van der Waals surface area contributed by atoms with Crippen molar-refractivity contribution in [3.8, 4) is 11.8 Å². The van der Waals surface area contributed by atoms with Crippen LogP contribution in [0.4, 0.5) is 5.00 Å². The number of pyridine rings is 1. The Hall–Kier alpha value is -3.70. The van der Waals surface area contributed by atoms with Gasteiger partial charge in [-0.05, 0) is 54.7 Å². The number of aromatic nitrogens is 1. The maximum Gasteiger partial charge on any atom is 0.227 e. The smallest absolute Gasteiger partial charge is 0.227 e. The minimum Gasteiger partial charge on any atom is -0.496 e. The lowest BCUT2D eigenvalue weighted by Gasteiger charge is -2.27. The van der Waals surface area contributed by atoms with Crippen LogP contribution < -0.4 is 10.1 Å². The van der Waals surface area contributed by atoms with Crippen molar-refractivity contribution in [2.45, 2.75) is 39.2 Å². The highest BCUT2D eigenvalue weighted by atomic mass is 32.1. The Morgan fingerprint density at radius 1 is 1.31 bits per heavy atom. The van der Waals surface area contributed by atoms with Gasteiger partial charge < -0.3 is 19.7 Å². The molecule has 0 atom stereocenters. The van der Waals surface area contributed by atoms with Gasteiger partial charge in [-0.3, -0.25) is 9.78 Å². The van der Waals surface area contributed by atoms with Crippen molar-refractivity contribution < 1.29 is 14.3 Å². The molecule has 1 aliphatic rings. The number of rotatable bonds is 7. The van der Waals surface area contributed by atoms with Crippen LogP contribution in [0.15, 0.2) is 42.7 Å². The van der Waals surface area contributed by atoms with E-state index in [1.807, 2.05) is 43.1 Å². The number of ether oxygens (including phenoxy) is 1. The molecule has 3 heterocycles. The number of methoxy groups -OCH3 is 1. The number of aryl methyl sites for hydroxylation is 2. The zero-order chi connectivity index (χ0) is 25.2. The second-order valence-corrected chi connectivity index (χ2v) is 9.29. The van der Waals surface area contributed by atoms with Crippen molar-refractivity contribution in [3.05, 3.63) is 75.4 Å². The number of nitriles is 1. The first-order valence-corrected chi connectivity index (χ1v) is 12.3. The van der Waals surface area contributed by atoms with Crippen LogP contribution in [0.2, 0.25) is 0 Å². The molecule has 0 saturated heterocycles. The zero-order valence-corrected chi connectivity index (χ0v) is 21.2. The number of nitrogens with one attached hydrogen (secondary N) is 1. The minimum atomic E-state index is 0.120. The fourth-order valence-electron chi connectivity index (χ4n) is 4.01. The van der Waals surface area contributed by atoms with Crippen LogP contribution in [0.5, 0.6) is 5.75 Å². The Morgan fingerprint density at radius 2 is 2.09 bits per heavy atom. The van der Waals surface area contributed by atoms with E-state index in [2.05, 4.69) is 22.4 Å². The molecule has 8 heteroatoms. The molecule has 2 aromatic heterocycles. The number of nitrogens with zero attached hydrogens (tertiary/aromatic N) is 3. The topological polar surface area (TPSA) is 95.3 Å². The quantitative estimate of drug-likeness (QED) is 0.496. The fraction of sp³-hybridized carbons (Fsp3) is 0.333. The Balaban J connectivity index is 0.000000225. The number of amides is 1. The first-order chi connectivity index (χ1) is 17.0. The minimum absolute atomic E-state index is 0.120. The first kappa shape index (κ1) is 25.9. The average molecular weight is 491 g/mol. The van der Waals surface area contributed by atoms with Crippen LogP contribution >= 0.6 is 11.3 Å². The molecule has 35 heavy (non-hydrogen) atoms. The number of fused-ring (bicyclic) bond motifs is 1. The second kappa shape index (κ2) is 12.7. The summed E-state index contributed by atoms with van der Waals surface area (Å²) < 4.78 is 5.18. The molecule has 0 bridgehead atoms. The van der Waals surface area contributed by atoms with E-state index in [9.17, 15) is 14.9 Å². The molecule has 1 aromatic carbocycles. The Bertz CT molecular complexity index is 1200. The fourth-order valence-corrected chi connectivity index (χ4v) is 5.18. The summed E-state index contributed by atoms with van der Waals surface area (Å²) in [7, 11) is 3.47. The molecule has 7 nitrogen and oxygen atoms in total. The van der Waals surface area contributed by atoms with Crippen molar-refractivity contribution in [3.63, 3.8) is 0 Å². The number of benzene rings is 1. The van der Waals surface area contributed by atoms with E-state index in [-0.39, 0.29) is 5.91 Å². The molecule has 1 amide bonds. The number of hydrogen-bond donors (Lipinski definition) is 1. The van der Waals surface area contributed by atoms with Gasteiger partial charge in [0.1, 0.15) is 23.1 Å². The summed E-state index contributed by atoms with van der Waals surface area (Å²) in [5.74, 6) is 0.988. The van der Waals surface area contributed by atoms with Crippen molar-refractivity contribution >= 4 is 28.5 Å². The molecule has 0 saturated carbocycles. The van der Waals surface area contributed by atoms with Gasteiger partial charge in [0.25, 0.3) is 0 Å². The van der Waals surface area contributed by atoms with Crippen LogP contribution in [0.25, 0.3) is 0 Å². The number of anilines is 1. The van der Waals surface area contributed by atoms with Crippen LogP contribution in [0.1, 0.15) is 39.1 Å². The molecule has 1 N–H and O–H groups in total. The third-order valence-electron chi connectivity index (χ3n) is 5.82. The van der Waals surface area contributed by atoms with Gasteiger partial charge in [0.2, 0.25) is 5.91 Å². The maximum atomic E-state index is 12.4.